The van der Waals surface area contributed by atoms with Crippen LogP contribution in [0.5, 0.6) is 5.75 Å². The van der Waals surface area contributed by atoms with Crippen LogP contribution in [-0.4, -0.2) is 23.1 Å². The molecular weight excluding hydrogens is 256 g/mol. The lowest BCUT2D eigenvalue weighted by Crippen LogP contribution is -2.21. The van der Waals surface area contributed by atoms with Crippen molar-refractivity contribution in [1.82, 2.24) is 0 Å². The van der Waals surface area contributed by atoms with Crippen molar-refractivity contribution < 1.29 is 4.74 Å². The number of hydrogen-bond donors (Lipinski definition) is 1. The number of nitrogens with zero attached hydrogens (tertiary/aromatic N) is 1. The second-order valence-electron chi connectivity index (χ2n) is 5.22. The molecule has 0 atom stereocenters. The first-order valence-electron chi connectivity index (χ1n) is 7.02. The largest absolute Gasteiger partial charge is 0.494 e. The fourth-order valence-corrected chi connectivity index (χ4v) is 3.97. The topological polar surface area (TPSA) is 33.6 Å². The summed E-state index contributed by atoms with van der Waals surface area (Å²) < 4.78 is 5.44. The molecular formula is C15H20N2OS. The molecule has 0 bridgehead atoms. The van der Waals surface area contributed by atoms with E-state index in [9.17, 15) is 0 Å². The average molecular weight is 276 g/mol. The van der Waals surface area contributed by atoms with Crippen LogP contribution in [0.25, 0.3) is 0 Å². The number of thioether (sulfide) groups is 1. The van der Waals surface area contributed by atoms with E-state index in [1.165, 1.54) is 25.7 Å². The molecule has 1 saturated carbocycles. The third-order valence-corrected chi connectivity index (χ3v) is 4.92. The van der Waals surface area contributed by atoms with Crippen LogP contribution in [0, 0.1) is 0 Å². The molecule has 2 aliphatic rings. The van der Waals surface area contributed by atoms with Gasteiger partial charge in [-0.05, 0) is 44.0 Å². The van der Waals surface area contributed by atoms with E-state index in [0.717, 1.165) is 22.4 Å². The van der Waals surface area contributed by atoms with Gasteiger partial charge in [0.15, 0.2) is 5.17 Å². The van der Waals surface area contributed by atoms with Crippen molar-refractivity contribution in [3.63, 3.8) is 0 Å². The highest BCUT2D eigenvalue weighted by Crippen LogP contribution is 2.41. The zero-order valence-corrected chi connectivity index (χ0v) is 12.1. The van der Waals surface area contributed by atoms with Gasteiger partial charge >= 0.3 is 0 Å². The van der Waals surface area contributed by atoms with Gasteiger partial charge in [-0.2, -0.15) is 0 Å². The normalized spacial score (nSPS) is 20.6. The Labute approximate surface area is 118 Å². The zero-order valence-electron chi connectivity index (χ0n) is 11.3. The number of rotatable bonds is 3. The van der Waals surface area contributed by atoms with Gasteiger partial charge < -0.3 is 10.1 Å². The fraction of sp³-hybridized carbons (Fsp3) is 0.533. The zero-order chi connectivity index (χ0) is 13.1. The Kier molecular flexibility index (Phi) is 3.69. The molecule has 0 saturated heterocycles. The lowest BCUT2D eigenvalue weighted by Gasteiger charge is -2.16. The molecule has 3 nitrogen and oxygen atoms in total. The molecule has 4 heteroatoms. The number of hydrogen-bond acceptors (Lipinski definition) is 4. The van der Waals surface area contributed by atoms with Crippen molar-refractivity contribution in [2.45, 2.75) is 38.1 Å². The standard InChI is InChI=1S/C15H20N2OS/c1-2-18-13-7-5-12(6-8-13)16-14-17-15(11-19-14)9-3-4-10-15/h5-8H,2-4,9-11H2,1H3,(H,16,17). The first-order chi connectivity index (χ1) is 9.30. The van der Waals surface area contributed by atoms with Crippen molar-refractivity contribution in [3.05, 3.63) is 24.3 Å². The minimum absolute atomic E-state index is 0.248. The van der Waals surface area contributed by atoms with Gasteiger partial charge in [0, 0.05) is 11.4 Å². The van der Waals surface area contributed by atoms with E-state index in [1.54, 1.807) is 0 Å². The second kappa shape index (κ2) is 5.45. The van der Waals surface area contributed by atoms with Gasteiger partial charge in [0.25, 0.3) is 0 Å². The second-order valence-corrected chi connectivity index (χ2v) is 6.18. The summed E-state index contributed by atoms with van der Waals surface area (Å²) in [5.41, 5.74) is 1.34. The third kappa shape index (κ3) is 2.89. The summed E-state index contributed by atoms with van der Waals surface area (Å²) in [7, 11) is 0. The average Bonchev–Trinajstić information content (AvgIpc) is 3.03. The van der Waals surface area contributed by atoms with Crippen LogP contribution >= 0.6 is 11.8 Å². The van der Waals surface area contributed by atoms with Crippen LogP contribution in [0.15, 0.2) is 29.3 Å². The number of benzene rings is 1. The Morgan fingerprint density at radius 3 is 2.68 bits per heavy atom. The van der Waals surface area contributed by atoms with E-state index >= 15 is 0 Å². The lowest BCUT2D eigenvalue weighted by atomic mass is 10.0. The predicted octanol–water partition coefficient (Wildman–Crippen LogP) is 3.91. The quantitative estimate of drug-likeness (QED) is 0.908. The lowest BCUT2D eigenvalue weighted by molar-refractivity contribution is 0.340. The van der Waals surface area contributed by atoms with Crippen LogP contribution in [0.3, 0.4) is 0 Å². The Morgan fingerprint density at radius 2 is 2.00 bits per heavy atom. The molecule has 1 spiro atoms. The van der Waals surface area contributed by atoms with E-state index in [4.69, 9.17) is 9.73 Å². The first-order valence-corrected chi connectivity index (χ1v) is 8.01. The summed E-state index contributed by atoms with van der Waals surface area (Å²) in [6, 6.07) is 8.09. The van der Waals surface area contributed by atoms with E-state index < -0.39 is 0 Å². The van der Waals surface area contributed by atoms with Gasteiger partial charge in [0.2, 0.25) is 0 Å². The van der Waals surface area contributed by atoms with Crippen LogP contribution < -0.4 is 10.1 Å². The van der Waals surface area contributed by atoms with Gasteiger partial charge in [0.05, 0.1) is 12.1 Å². The van der Waals surface area contributed by atoms with Crippen LogP contribution in [-0.2, 0) is 0 Å². The molecule has 0 unspecified atom stereocenters. The summed E-state index contributed by atoms with van der Waals surface area (Å²) >= 11 is 1.86. The van der Waals surface area contributed by atoms with E-state index in [-0.39, 0.29) is 5.54 Å². The summed E-state index contributed by atoms with van der Waals surface area (Å²) in [5.74, 6) is 2.06. The predicted molar refractivity (Wildman–Crippen MR) is 82.3 cm³/mol. The molecule has 1 aromatic carbocycles. The van der Waals surface area contributed by atoms with Crippen LogP contribution in [0.1, 0.15) is 32.6 Å². The molecule has 1 fully saturated rings. The van der Waals surface area contributed by atoms with Crippen LogP contribution in [0.2, 0.25) is 0 Å². The molecule has 1 aliphatic carbocycles. The number of nitrogens with one attached hydrogen (secondary N) is 1. The molecule has 1 aliphatic heterocycles. The molecule has 1 N–H and O–H groups in total. The van der Waals surface area contributed by atoms with Gasteiger partial charge in [-0.1, -0.05) is 24.6 Å². The summed E-state index contributed by atoms with van der Waals surface area (Å²) in [6.45, 7) is 2.70. The smallest absolute Gasteiger partial charge is 0.161 e. The Hall–Kier alpha value is -1.16. The van der Waals surface area contributed by atoms with Crippen molar-refractivity contribution in [3.8, 4) is 5.75 Å². The van der Waals surface area contributed by atoms with Gasteiger partial charge in [-0.25, -0.2) is 0 Å². The van der Waals surface area contributed by atoms with Gasteiger partial charge in [0.1, 0.15) is 5.75 Å². The maximum absolute atomic E-state index is 5.44. The summed E-state index contributed by atoms with van der Waals surface area (Å²) in [4.78, 5) is 4.91. The van der Waals surface area contributed by atoms with Crippen molar-refractivity contribution in [1.29, 1.82) is 0 Å². The Morgan fingerprint density at radius 1 is 1.26 bits per heavy atom. The first kappa shape index (κ1) is 12.9. The highest BCUT2D eigenvalue weighted by atomic mass is 32.2. The van der Waals surface area contributed by atoms with E-state index in [2.05, 4.69) is 5.32 Å². The summed E-state index contributed by atoms with van der Waals surface area (Å²) in [5, 5.41) is 4.49. The number of amidine groups is 1. The highest BCUT2D eigenvalue weighted by molar-refractivity contribution is 8.14. The number of aliphatic imine (C=N–C) groups is 1. The number of ether oxygens (including phenoxy) is 1. The molecule has 0 radical (unpaired) electrons. The molecule has 0 aromatic heterocycles. The molecule has 3 rings (SSSR count). The molecule has 102 valence electrons. The highest BCUT2D eigenvalue weighted by Gasteiger charge is 2.38. The number of anilines is 1. The maximum Gasteiger partial charge on any atom is 0.161 e. The van der Waals surface area contributed by atoms with Crippen molar-refractivity contribution in [2.24, 2.45) is 4.99 Å². The van der Waals surface area contributed by atoms with Gasteiger partial charge in [-0.15, -0.1) is 0 Å². The molecule has 1 heterocycles. The third-order valence-electron chi connectivity index (χ3n) is 3.77. The minimum atomic E-state index is 0.248. The van der Waals surface area contributed by atoms with Crippen molar-refractivity contribution in [2.75, 3.05) is 17.7 Å². The maximum atomic E-state index is 5.44. The van der Waals surface area contributed by atoms with Crippen molar-refractivity contribution >= 4 is 22.6 Å². The Balaban J connectivity index is 1.65. The SMILES string of the molecule is CCOc1ccc(NC2=NC3(CCCC3)CS2)cc1. The molecule has 0 amide bonds. The monoisotopic (exact) mass is 276 g/mol. The van der Waals surface area contributed by atoms with E-state index in [0.29, 0.717) is 6.61 Å². The van der Waals surface area contributed by atoms with Gasteiger partial charge in [-0.3, -0.25) is 4.99 Å². The Bertz CT molecular complexity index is 464. The minimum Gasteiger partial charge on any atom is -0.494 e. The summed E-state index contributed by atoms with van der Waals surface area (Å²) in [6.07, 6.45) is 5.18. The molecule has 1 aromatic rings. The van der Waals surface area contributed by atoms with E-state index in [1.807, 2.05) is 43.0 Å². The van der Waals surface area contributed by atoms with Crippen LogP contribution in [0.4, 0.5) is 5.69 Å². The fourth-order valence-electron chi connectivity index (χ4n) is 2.76. The molecule has 19 heavy (non-hydrogen) atoms.